The second-order valence-corrected chi connectivity index (χ2v) is 5.71. The fourth-order valence-electron chi connectivity index (χ4n) is 1.79. The van der Waals surface area contributed by atoms with Gasteiger partial charge in [-0.15, -0.1) is 0 Å². The maximum absolute atomic E-state index is 2.29. The molecular weight excluding hydrogens is 275 g/mol. The Balaban J connectivity index is 2.78. The van der Waals surface area contributed by atoms with Gasteiger partial charge in [-0.05, 0) is 0 Å². The van der Waals surface area contributed by atoms with E-state index < -0.39 is 0 Å². The zero-order chi connectivity index (χ0) is 10.5. The molecule has 0 bridgehead atoms. The predicted molar refractivity (Wildman–Crippen MR) is 67.0 cm³/mol. The van der Waals surface area contributed by atoms with E-state index in [1.807, 2.05) is 0 Å². The fraction of sp³-hybridized carbons (Fsp3) is 1.00. The van der Waals surface area contributed by atoms with E-state index in [4.69, 9.17) is 0 Å². The van der Waals surface area contributed by atoms with Gasteiger partial charge in [0, 0.05) is 0 Å². The molecule has 0 fully saturated rings. The summed E-state index contributed by atoms with van der Waals surface area (Å²) in [5.74, 6) is 0. The van der Waals surface area contributed by atoms with Crippen molar-refractivity contribution in [3.05, 3.63) is 0 Å². The first-order chi connectivity index (χ1) is 6.91. The van der Waals surface area contributed by atoms with Crippen LogP contribution in [-0.4, -0.2) is 22.5 Å². The summed E-state index contributed by atoms with van der Waals surface area (Å²) in [4.78, 5) is 0. The Hall–Kier alpha value is 0.799. The Morgan fingerprint density at radius 3 is 1.29 bits per heavy atom. The van der Waals surface area contributed by atoms with Crippen molar-refractivity contribution in [3.8, 4) is 0 Å². The second kappa shape index (κ2) is 13.8. The Labute approximate surface area is 104 Å². The number of hydrogen-bond donors (Lipinski definition) is 0. The molecule has 0 amide bonds. The summed E-state index contributed by atoms with van der Waals surface area (Å²) in [6, 6.07) is 0. The molecule has 0 rings (SSSR count). The molecule has 0 saturated carbocycles. The van der Waals surface area contributed by atoms with Crippen LogP contribution in [0.4, 0.5) is 0 Å². The van der Waals surface area contributed by atoms with Gasteiger partial charge >= 0.3 is 97.6 Å². The molecular formula is C13H27Sn. The number of rotatable bonds is 11. The monoisotopic (exact) mass is 303 g/mol. The molecule has 0 aliphatic heterocycles. The van der Waals surface area contributed by atoms with E-state index in [2.05, 4.69) is 6.92 Å². The summed E-state index contributed by atoms with van der Waals surface area (Å²) < 4.78 is 1.46. The van der Waals surface area contributed by atoms with Crippen molar-refractivity contribution >= 4 is 22.5 Å². The first-order valence-electron chi connectivity index (χ1n) is 6.56. The molecule has 0 saturated heterocycles. The van der Waals surface area contributed by atoms with E-state index in [0.717, 1.165) is 0 Å². The summed E-state index contributed by atoms with van der Waals surface area (Å²) >= 11 is 1.72. The number of hydrogen-bond acceptors (Lipinski definition) is 0. The van der Waals surface area contributed by atoms with Crippen LogP contribution in [0.1, 0.15) is 77.6 Å². The quantitative estimate of drug-likeness (QED) is 0.377. The fourth-order valence-corrected chi connectivity index (χ4v) is 2.50. The third kappa shape index (κ3) is 12.8. The molecule has 0 spiro atoms. The Morgan fingerprint density at radius 1 is 0.571 bits per heavy atom. The van der Waals surface area contributed by atoms with Gasteiger partial charge in [0.1, 0.15) is 0 Å². The van der Waals surface area contributed by atoms with Crippen LogP contribution in [0.5, 0.6) is 0 Å². The summed E-state index contributed by atoms with van der Waals surface area (Å²) in [7, 11) is 0. The molecule has 0 aromatic heterocycles. The second-order valence-electron chi connectivity index (χ2n) is 4.29. The summed E-state index contributed by atoms with van der Waals surface area (Å²) in [6.07, 6.45) is 16.2. The topological polar surface area (TPSA) is 0 Å². The standard InChI is InChI=1S/C13H27.Sn/c1-3-5-7-9-11-13-12-10-8-6-4-2;/h1,3-13H2,2H3;. The molecule has 0 aliphatic carbocycles. The Morgan fingerprint density at radius 2 is 0.929 bits per heavy atom. The van der Waals surface area contributed by atoms with Crippen molar-refractivity contribution < 1.29 is 0 Å². The van der Waals surface area contributed by atoms with Crippen molar-refractivity contribution in [3.63, 3.8) is 0 Å². The van der Waals surface area contributed by atoms with E-state index in [-0.39, 0.29) is 0 Å². The molecule has 3 radical (unpaired) electrons. The predicted octanol–water partition coefficient (Wildman–Crippen LogP) is 4.88. The van der Waals surface area contributed by atoms with Gasteiger partial charge in [-0.1, -0.05) is 6.92 Å². The molecule has 0 N–H and O–H groups in total. The maximum atomic E-state index is 2.29. The molecule has 0 aliphatic rings. The molecule has 0 heterocycles. The van der Waals surface area contributed by atoms with Gasteiger partial charge in [-0.25, -0.2) is 0 Å². The van der Waals surface area contributed by atoms with Gasteiger partial charge in [-0.2, -0.15) is 0 Å². The normalized spacial score (nSPS) is 10.7. The van der Waals surface area contributed by atoms with Crippen molar-refractivity contribution in [1.82, 2.24) is 0 Å². The first kappa shape index (κ1) is 14.8. The molecule has 1 heteroatoms. The summed E-state index contributed by atoms with van der Waals surface area (Å²) in [5, 5.41) is 0. The molecule has 83 valence electrons. The number of unbranched alkanes of at least 4 members (excludes halogenated alkanes) is 10. The van der Waals surface area contributed by atoms with Crippen molar-refractivity contribution in [1.29, 1.82) is 0 Å². The zero-order valence-electron chi connectivity index (χ0n) is 9.99. The van der Waals surface area contributed by atoms with Crippen LogP contribution in [0, 0.1) is 0 Å². The van der Waals surface area contributed by atoms with Crippen LogP contribution in [-0.2, 0) is 0 Å². The van der Waals surface area contributed by atoms with Crippen LogP contribution in [0.3, 0.4) is 0 Å². The van der Waals surface area contributed by atoms with Gasteiger partial charge in [0.2, 0.25) is 0 Å². The first-order valence-corrected chi connectivity index (χ1v) is 8.58. The Bertz CT molecular complexity index is 79.2. The van der Waals surface area contributed by atoms with Crippen LogP contribution in [0.25, 0.3) is 0 Å². The van der Waals surface area contributed by atoms with Gasteiger partial charge in [0.15, 0.2) is 0 Å². The van der Waals surface area contributed by atoms with Crippen LogP contribution >= 0.6 is 0 Å². The van der Waals surface area contributed by atoms with E-state index >= 15 is 0 Å². The average molecular weight is 302 g/mol. The van der Waals surface area contributed by atoms with E-state index in [1.165, 1.54) is 75.1 Å². The minimum absolute atomic E-state index is 1.37. The van der Waals surface area contributed by atoms with Crippen LogP contribution in [0.2, 0.25) is 4.44 Å². The molecule has 0 nitrogen and oxygen atoms in total. The van der Waals surface area contributed by atoms with Gasteiger partial charge < -0.3 is 0 Å². The van der Waals surface area contributed by atoms with Crippen molar-refractivity contribution in [2.75, 3.05) is 0 Å². The summed E-state index contributed by atoms with van der Waals surface area (Å²) in [5.41, 5.74) is 0. The molecule has 0 aromatic carbocycles. The molecule has 14 heavy (non-hydrogen) atoms. The van der Waals surface area contributed by atoms with Gasteiger partial charge in [0.05, 0.1) is 0 Å². The molecule has 0 atom stereocenters. The van der Waals surface area contributed by atoms with Gasteiger partial charge in [0.25, 0.3) is 0 Å². The van der Waals surface area contributed by atoms with E-state index in [9.17, 15) is 0 Å². The molecule has 0 unspecified atom stereocenters. The van der Waals surface area contributed by atoms with Crippen molar-refractivity contribution in [2.45, 2.75) is 82.0 Å². The van der Waals surface area contributed by atoms with E-state index in [1.54, 1.807) is 22.5 Å². The van der Waals surface area contributed by atoms with Crippen LogP contribution in [0.15, 0.2) is 0 Å². The van der Waals surface area contributed by atoms with Gasteiger partial charge in [-0.3, -0.25) is 0 Å². The SMILES string of the molecule is CCCCCCCCCCCC[CH2][Sn]. The van der Waals surface area contributed by atoms with E-state index in [0.29, 0.717) is 0 Å². The summed E-state index contributed by atoms with van der Waals surface area (Å²) in [6.45, 7) is 2.29. The average Bonchev–Trinajstić information content (AvgIpc) is 2.21. The minimum atomic E-state index is 1.37. The zero-order valence-corrected chi connectivity index (χ0v) is 12.8. The Kier molecular flexibility index (Phi) is 14.6. The van der Waals surface area contributed by atoms with Crippen LogP contribution < -0.4 is 0 Å². The van der Waals surface area contributed by atoms with Crippen molar-refractivity contribution in [2.24, 2.45) is 0 Å². The third-order valence-electron chi connectivity index (χ3n) is 2.78. The third-order valence-corrected chi connectivity index (χ3v) is 3.79. The molecule has 0 aromatic rings.